The highest BCUT2D eigenvalue weighted by atomic mass is 16.5. The van der Waals surface area contributed by atoms with Gasteiger partial charge in [-0.05, 0) is 49.1 Å². The second-order valence-electron chi connectivity index (χ2n) is 4.22. The summed E-state index contributed by atoms with van der Waals surface area (Å²) < 4.78 is 4.65. The number of carboxylic acid groups (broad SMARTS) is 1. The van der Waals surface area contributed by atoms with Gasteiger partial charge < -0.3 is 15.6 Å². The van der Waals surface area contributed by atoms with Crippen LogP contribution in [0.3, 0.4) is 0 Å². The summed E-state index contributed by atoms with van der Waals surface area (Å²) in [4.78, 5) is 22.2. The molecule has 0 fully saturated rings. The van der Waals surface area contributed by atoms with Gasteiger partial charge in [-0.25, -0.2) is 4.79 Å². The molecule has 5 nitrogen and oxygen atoms in total. The first kappa shape index (κ1) is 14.2. The molecule has 0 bridgehead atoms. The largest absolute Gasteiger partial charge is 0.480 e. The fourth-order valence-electron chi connectivity index (χ4n) is 1.70. The van der Waals surface area contributed by atoms with Crippen LogP contribution >= 0.6 is 0 Å². The SMILES string of the molecule is COC(=O)c1cc(C)c(C)c(CC(N)C(=O)O)c1. The first-order chi connectivity index (χ1) is 8.36. The number of methoxy groups -OCH3 is 1. The lowest BCUT2D eigenvalue weighted by Crippen LogP contribution is -2.32. The Morgan fingerprint density at radius 2 is 2.00 bits per heavy atom. The molecule has 0 aliphatic carbocycles. The van der Waals surface area contributed by atoms with Crippen molar-refractivity contribution in [2.24, 2.45) is 5.73 Å². The molecule has 0 aliphatic rings. The number of nitrogens with two attached hydrogens (primary N) is 1. The predicted octanol–water partition coefficient (Wildman–Crippen LogP) is 1.04. The lowest BCUT2D eigenvalue weighted by atomic mass is 9.95. The summed E-state index contributed by atoms with van der Waals surface area (Å²) in [6, 6.07) is 2.38. The number of hydrogen-bond acceptors (Lipinski definition) is 4. The zero-order chi connectivity index (χ0) is 13.9. The van der Waals surface area contributed by atoms with E-state index in [-0.39, 0.29) is 6.42 Å². The molecule has 3 N–H and O–H groups in total. The van der Waals surface area contributed by atoms with Crippen molar-refractivity contribution in [3.8, 4) is 0 Å². The number of esters is 1. The standard InChI is InChI=1S/C13H17NO4/c1-7-4-10(13(17)18-3)5-9(8(7)2)6-11(14)12(15)16/h4-5,11H,6,14H2,1-3H3,(H,15,16). The van der Waals surface area contributed by atoms with Crippen molar-refractivity contribution in [1.29, 1.82) is 0 Å². The molecule has 1 aromatic rings. The van der Waals surface area contributed by atoms with Gasteiger partial charge in [0, 0.05) is 0 Å². The van der Waals surface area contributed by atoms with Crippen molar-refractivity contribution in [2.75, 3.05) is 7.11 Å². The maximum absolute atomic E-state index is 11.5. The second kappa shape index (κ2) is 5.64. The van der Waals surface area contributed by atoms with Crippen LogP contribution in [0.2, 0.25) is 0 Å². The number of rotatable bonds is 4. The molecule has 1 rings (SSSR count). The Labute approximate surface area is 106 Å². The van der Waals surface area contributed by atoms with Gasteiger partial charge in [0.15, 0.2) is 0 Å². The molecule has 0 saturated carbocycles. The van der Waals surface area contributed by atoms with Crippen LogP contribution in [-0.4, -0.2) is 30.2 Å². The quantitative estimate of drug-likeness (QED) is 0.780. The van der Waals surface area contributed by atoms with Crippen LogP contribution in [0, 0.1) is 13.8 Å². The molecule has 0 radical (unpaired) electrons. The van der Waals surface area contributed by atoms with E-state index in [0.717, 1.165) is 16.7 Å². The Morgan fingerprint density at radius 1 is 1.39 bits per heavy atom. The maximum Gasteiger partial charge on any atom is 0.337 e. The Balaban J connectivity index is 3.14. The average molecular weight is 251 g/mol. The Bertz CT molecular complexity index is 482. The van der Waals surface area contributed by atoms with Crippen molar-refractivity contribution >= 4 is 11.9 Å². The molecule has 0 saturated heterocycles. The lowest BCUT2D eigenvalue weighted by molar-refractivity contribution is -0.138. The highest BCUT2D eigenvalue weighted by molar-refractivity contribution is 5.90. The Hall–Kier alpha value is -1.88. The summed E-state index contributed by atoms with van der Waals surface area (Å²) in [5.74, 6) is -1.50. The molecular weight excluding hydrogens is 234 g/mol. The number of aliphatic carboxylic acids is 1. The summed E-state index contributed by atoms with van der Waals surface area (Å²) in [5, 5.41) is 8.81. The van der Waals surface area contributed by atoms with Gasteiger partial charge >= 0.3 is 11.9 Å². The van der Waals surface area contributed by atoms with Crippen molar-refractivity contribution < 1.29 is 19.4 Å². The van der Waals surface area contributed by atoms with Gasteiger partial charge in [-0.2, -0.15) is 0 Å². The average Bonchev–Trinajstić information content (AvgIpc) is 2.33. The minimum absolute atomic E-state index is 0.187. The third kappa shape index (κ3) is 3.07. The van der Waals surface area contributed by atoms with Crippen LogP contribution in [0.25, 0.3) is 0 Å². The number of benzene rings is 1. The third-order valence-electron chi connectivity index (χ3n) is 2.95. The van der Waals surface area contributed by atoms with Crippen LogP contribution in [0.1, 0.15) is 27.0 Å². The van der Waals surface area contributed by atoms with Crippen LogP contribution in [0.15, 0.2) is 12.1 Å². The van der Waals surface area contributed by atoms with E-state index in [9.17, 15) is 9.59 Å². The van der Waals surface area contributed by atoms with Crippen LogP contribution in [0.5, 0.6) is 0 Å². The zero-order valence-corrected chi connectivity index (χ0v) is 10.7. The summed E-state index contributed by atoms with van der Waals surface area (Å²) in [7, 11) is 1.31. The Morgan fingerprint density at radius 3 is 2.50 bits per heavy atom. The van der Waals surface area contributed by atoms with Gasteiger partial charge in [-0.1, -0.05) is 0 Å². The first-order valence-corrected chi connectivity index (χ1v) is 5.53. The molecule has 1 atom stereocenters. The molecule has 1 aromatic carbocycles. The van der Waals surface area contributed by atoms with Gasteiger partial charge in [-0.15, -0.1) is 0 Å². The molecule has 98 valence electrons. The Kier molecular flexibility index (Phi) is 4.44. The van der Waals surface area contributed by atoms with Gasteiger partial charge in [0.1, 0.15) is 6.04 Å². The van der Waals surface area contributed by atoms with E-state index in [0.29, 0.717) is 5.56 Å². The van der Waals surface area contributed by atoms with Crippen molar-refractivity contribution in [1.82, 2.24) is 0 Å². The molecule has 0 amide bonds. The molecule has 0 aromatic heterocycles. The fourth-order valence-corrected chi connectivity index (χ4v) is 1.70. The number of aryl methyl sites for hydroxylation is 1. The molecular formula is C13H17NO4. The summed E-state index contributed by atoms with van der Waals surface area (Å²) >= 11 is 0. The normalized spacial score (nSPS) is 12.0. The van der Waals surface area contributed by atoms with E-state index in [4.69, 9.17) is 10.8 Å². The highest BCUT2D eigenvalue weighted by Gasteiger charge is 2.16. The lowest BCUT2D eigenvalue weighted by Gasteiger charge is -2.13. The minimum atomic E-state index is -1.06. The summed E-state index contributed by atoms with van der Waals surface area (Å²) in [5.41, 5.74) is 8.53. The van der Waals surface area contributed by atoms with Crippen LogP contribution in [-0.2, 0) is 16.0 Å². The fraction of sp³-hybridized carbons (Fsp3) is 0.385. The molecule has 0 spiro atoms. The smallest absolute Gasteiger partial charge is 0.337 e. The summed E-state index contributed by atoms with van der Waals surface area (Å²) in [6.45, 7) is 3.73. The molecule has 1 unspecified atom stereocenters. The minimum Gasteiger partial charge on any atom is -0.480 e. The monoisotopic (exact) mass is 251 g/mol. The van der Waals surface area contributed by atoms with Gasteiger partial charge in [0.2, 0.25) is 0 Å². The van der Waals surface area contributed by atoms with Crippen LogP contribution in [0.4, 0.5) is 0 Å². The summed E-state index contributed by atoms with van der Waals surface area (Å²) in [6.07, 6.45) is 0.187. The third-order valence-corrected chi connectivity index (χ3v) is 2.95. The van der Waals surface area contributed by atoms with Crippen molar-refractivity contribution in [2.45, 2.75) is 26.3 Å². The van der Waals surface area contributed by atoms with E-state index in [1.54, 1.807) is 12.1 Å². The number of carboxylic acids is 1. The second-order valence-corrected chi connectivity index (χ2v) is 4.22. The number of hydrogen-bond donors (Lipinski definition) is 2. The van der Waals surface area contributed by atoms with E-state index >= 15 is 0 Å². The van der Waals surface area contributed by atoms with Gasteiger partial charge in [-0.3, -0.25) is 4.79 Å². The first-order valence-electron chi connectivity index (χ1n) is 5.53. The van der Waals surface area contributed by atoms with Gasteiger partial charge in [0.05, 0.1) is 12.7 Å². The predicted molar refractivity (Wildman–Crippen MR) is 66.6 cm³/mol. The molecule has 0 heterocycles. The van der Waals surface area contributed by atoms with Gasteiger partial charge in [0.25, 0.3) is 0 Å². The van der Waals surface area contributed by atoms with E-state index in [2.05, 4.69) is 4.74 Å². The number of ether oxygens (including phenoxy) is 1. The van der Waals surface area contributed by atoms with Crippen LogP contribution < -0.4 is 5.73 Å². The van der Waals surface area contributed by atoms with E-state index in [1.807, 2.05) is 13.8 Å². The van der Waals surface area contributed by atoms with Crippen molar-refractivity contribution in [3.63, 3.8) is 0 Å². The topological polar surface area (TPSA) is 89.6 Å². The number of carbonyl (C=O) groups is 2. The zero-order valence-electron chi connectivity index (χ0n) is 10.7. The number of carbonyl (C=O) groups excluding carboxylic acids is 1. The van der Waals surface area contributed by atoms with E-state index < -0.39 is 18.0 Å². The molecule has 18 heavy (non-hydrogen) atoms. The highest BCUT2D eigenvalue weighted by Crippen LogP contribution is 2.18. The molecule has 5 heteroatoms. The molecule has 0 aliphatic heterocycles. The van der Waals surface area contributed by atoms with Crippen molar-refractivity contribution in [3.05, 3.63) is 34.4 Å². The van der Waals surface area contributed by atoms with E-state index in [1.165, 1.54) is 7.11 Å². The maximum atomic E-state index is 11.5.